The second-order valence-corrected chi connectivity index (χ2v) is 4.89. The molecule has 0 atom stereocenters. The molecule has 0 aliphatic rings. The molecule has 2 aromatic rings. The van der Waals surface area contributed by atoms with Gasteiger partial charge in [0, 0.05) is 6.07 Å². The first-order valence-corrected chi connectivity index (χ1v) is 7.21. The molecule has 24 heavy (non-hydrogen) atoms. The summed E-state index contributed by atoms with van der Waals surface area (Å²) in [6.45, 7) is 2.14. The highest BCUT2D eigenvalue weighted by molar-refractivity contribution is 5.90. The van der Waals surface area contributed by atoms with Crippen molar-refractivity contribution in [3.63, 3.8) is 0 Å². The van der Waals surface area contributed by atoms with Crippen molar-refractivity contribution in [3.8, 4) is 11.5 Å². The summed E-state index contributed by atoms with van der Waals surface area (Å²) >= 11 is 0. The van der Waals surface area contributed by atoms with Crippen LogP contribution in [0.4, 0.5) is 5.69 Å². The summed E-state index contributed by atoms with van der Waals surface area (Å²) in [6, 6.07) is 11.4. The quantitative estimate of drug-likeness (QED) is 0.335. The van der Waals surface area contributed by atoms with Gasteiger partial charge in [-0.05, 0) is 30.7 Å². The highest BCUT2D eigenvalue weighted by Gasteiger charge is 2.18. The third kappa shape index (κ3) is 4.22. The molecular weight excluding hydrogens is 314 g/mol. The fourth-order valence-corrected chi connectivity index (χ4v) is 2.05. The number of ether oxygens (including phenoxy) is 3. The summed E-state index contributed by atoms with van der Waals surface area (Å²) in [7, 11) is 1.32. The number of para-hydroxylation sites is 1. The number of benzene rings is 2. The molecule has 0 aromatic heterocycles. The van der Waals surface area contributed by atoms with Crippen LogP contribution < -0.4 is 9.47 Å². The third-order valence-electron chi connectivity index (χ3n) is 3.28. The largest absolute Gasteiger partial charge is 0.490 e. The molecule has 0 amide bonds. The topological polar surface area (TPSA) is 87.9 Å². The predicted octanol–water partition coefficient (Wildman–Crippen LogP) is 3.15. The van der Waals surface area contributed by atoms with Crippen molar-refractivity contribution in [2.45, 2.75) is 6.92 Å². The van der Waals surface area contributed by atoms with Gasteiger partial charge >= 0.3 is 11.7 Å². The van der Waals surface area contributed by atoms with Gasteiger partial charge in [-0.1, -0.05) is 18.2 Å². The zero-order chi connectivity index (χ0) is 17.5. The predicted molar refractivity (Wildman–Crippen MR) is 86.6 cm³/mol. The fraction of sp³-hybridized carbons (Fsp3) is 0.235. The minimum absolute atomic E-state index is 0.0347. The van der Waals surface area contributed by atoms with Crippen LogP contribution in [0.2, 0.25) is 0 Å². The maximum atomic E-state index is 12.0. The van der Waals surface area contributed by atoms with Crippen molar-refractivity contribution in [2.24, 2.45) is 0 Å². The Morgan fingerprint density at radius 3 is 2.54 bits per heavy atom. The molecule has 0 saturated heterocycles. The molecule has 2 rings (SSSR count). The number of hydrogen-bond donors (Lipinski definition) is 0. The molecule has 2 aromatic carbocycles. The van der Waals surface area contributed by atoms with Crippen LogP contribution >= 0.6 is 0 Å². The van der Waals surface area contributed by atoms with Gasteiger partial charge in [0.25, 0.3) is 0 Å². The van der Waals surface area contributed by atoms with Gasteiger partial charge in [0.1, 0.15) is 19.0 Å². The van der Waals surface area contributed by atoms with Crippen molar-refractivity contribution < 1.29 is 23.9 Å². The van der Waals surface area contributed by atoms with Gasteiger partial charge in [0.2, 0.25) is 0 Å². The van der Waals surface area contributed by atoms with Crippen LogP contribution in [0.1, 0.15) is 15.9 Å². The second-order valence-electron chi connectivity index (χ2n) is 4.89. The lowest BCUT2D eigenvalue weighted by Gasteiger charge is -2.09. The van der Waals surface area contributed by atoms with Gasteiger partial charge in [-0.15, -0.1) is 0 Å². The number of carbonyl (C=O) groups is 1. The Kier molecular flexibility index (Phi) is 5.73. The van der Waals surface area contributed by atoms with E-state index in [0.717, 1.165) is 11.6 Å². The average Bonchev–Trinajstić information content (AvgIpc) is 2.59. The number of aryl methyl sites for hydroxylation is 1. The Balaban J connectivity index is 1.92. The number of methoxy groups -OCH3 is 1. The van der Waals surface area contributed by atoms with Gasteiger partial charge < -0.3 is 14.2 Å². The Labute approximate surface area is 138 Å². The highest BCUT2D eigenvalue weighted by Crippen LogP contribution is 2.27. The first-order chi connectivity index (χ1) is 11.5. The molecule has 0 saturated carbocycles. The number of esters is 1. The Hall–Kier alpha value is -3.09. The van der Waals surface area contributed by atoms with Crippen LogP contribution in [0, 0.1) is 17.0 Å². The molecular formula is C17H17NO6. The monoisotopic (exact) mass is 331 g/mol. The minimum atomic E-state index is -0.658. The third-order valence-corrected chi connectivity index (χ3v) is 3.28. The summed E-state index contributed by atoms with van der Waals surface area (Å²) in [5.74, 6) is 0.141. The number of nitrogens with zero attached hydrogens (tertiary/aromatic N) is 1. The van der Waals surface area contributed by atoms with Crippen molar-refractivity contribution in [3.05, 3.63) is 63.7 Å². The molecule has 7 nitrogen and oxygen atoms in total. The Morgan fingerprint density at radius 1 is 1.12 bits per heavy atom. The first-order valence-electron chi connectivity index (χ1n) is 7.21. The Bertz CT molecular complexity index is 744. The van der Waals surface area contributed by atoms with Crippen molar-refractivity contribution in [2.75, 3.05) is 20.3 Å². The van der Waals surface area contributed by atoms with E-state index in [4.69, 9.17) is 14.2 Å². The van der Waals surface area contributed by atoms with Crippen LogP contribution in [0.5, 0.6) is 11.5 Å². The SMILES string of the molecule is COc1ccc(C(=O)OCCOc2ccccc2C)cc1[N+](=O)[O-]. The summed E-state index contributed by atoms with van der Waals surface area (Å²) in [5, 5.41) is 11.0. The number of rotatable bonds is 7. The van der Waals surface area contributed by atoms with Gasteiger partial charge in [0.05, 0.1) is 17.6 Å². The van der Waals surface area contributed by atoms with Crippen molar-refractivity contribution in [1.29, 1.82) is 0 Å². The molecule has 0 N–H and O–H groups in total. The number of nitro benzene ring substituents is 1. The van der Waals surface area contributed by atoms with E-state index in [1.165, 1.54) is 19.2 Å². The van der Waals surface area contributed by atoms with Crippen LogP contribution in [-0.4, -0.2) is 31.2 Å². The molecule has 0 heterocycles. The smallest absolute Gasteiger partial charge is 0.338 e. The van der Waals surface area contributed by atoms with Crippen LogP contribution in [0.15, 0.2) is 42.5 Å². The normalized spacial score (nSPS) is 10.1. The summed E-state index contributed by atoms with van der Waals surface area (Å²) in [5.41, 5.74) is 0.774. The maximum Gasteiger partial charge on any atom is 0.338 e. The molecule has 0 radical (unpaired) electrons. The zero-order valence-electron chi connectivity index (χ0n) is 13.4. The summed E-state index contributed by atoms with van der Waals surface area (Å²) in [4.78, 5) is 22.3. The van der Waals surface area contributed by atoms with E-state index >= 15 is 0 Å². The van der Waals surface area contributed by atoms with E-state index in [2.05, 4.69) is 0 Å². The zero-order valence-corrected chi connectivity index (χ0v) is 13.4. The lowest BCUT2D eigenvalue weighted by atomic mass is 10.2. The molecule has 0 unspecified atom stereocenters. The van der Waals surface area contributed by atoms with Crippen molar-refractivity contribution >= 4 is 11.7 Å². The number of nitro groups is 1. The van der Waals surface area contributed by atoms with Crippen LogP contribution in [-0.2, 0) is 4.74 Å². The van der Waals surface area contributed by atoms with E-state index in [-0.39, 0.29) is 30.2 Å². The molecule has 0 spiro atoms. The number of carbonyl (C=O) groups excluding carboxylic acids is 1. The summed E-state index contributed by atoms with van der Waals surface area (Å²) < 4.78 is 15.5. The van der Waals surface area contributed by atoms with Gasteiger partial charge in [-0.3, -0.25) is 10.1 Å². The van der Waals surface area contributed by atoms with Crippen LogP contribution in [0.3, 0.4) is 0 Å². The van der Waals surface area contributed by atoms with E-state index in [1.807, 2.05) is 31.2 Å². The molecule has 126 valence electrons. The van der Waals surface area contributed by atoms with Crippen LogP contribution in [0.25, 0.3) is 0 Å². The van der Waals surface area contributed by atoms with E-state index in [1.54, 1.807) is 0 Å². The fourth-order valence-electron chi connectivity index (χ4n) is 2.05. The number of hydrogen-bond acceptors (Lipinski definition) is 6. The van der Waals surface area contributed by atoms with Crippen molar-refractivity contribution in [1.82, 2.24) is 0 Å². The summed E-state index contributed by atoms with van der Waals surface area (Å²) in [6.07, 6.45) is 0. The van der Waals surface area contributed by atoms with Gasteiger partial charge in [-0.25, -0.2) is 4.79 Å². The minimum Gasteiger partial charge on any atom is -0.490 e. The Morgan fingerprint density at radius 2 is 1.88 bits per heavy atom. The molecule has 0 fully saturated rings. The lowest BCUT2D eigenvalue weighted by molar-refractivity contribution is -0.385. The maximum absolute atomic E-state index is 12.0. The van der Waals surface area contributed by atoms with Gasteiger partial charge in [-0.2, -0.15) is 0 Å². The molecule has 0 aliphatic carbocycles. The van der Waals surface area contributed by atoms with E-state index in [0.29, 0.717) is 5.75 Å². The molecule has 7 heteroatoms. The standard InChI is InChI=1S/C17H17NO6/c1-12-5-3-4-6-15(12)23-9-10-24-17(19)13-7-8-16(22-2)14(11-13)18(20)21/h3-8,11H,9-10H2,1-2H3. The van der Waals surface area contributed by atoms with E-state index in [9.17, 15) is 14.9 Å². The molecule has 0 bridgehead atoms. The second kappa shape index (κ2) is 7.96. The average molecular weight is 331 g/mol. The first kappa shape index (κ1) is 17.3. The van der Waals surface area contributed by atoms with E-state index < -0.39 is 10.9 Å². The lowest BCUT2D eigenvalue weighted by Crippen LogP contribution is -2.13. The van der Waals surface area contributed by atoms with Gasteiger partial charge in [0.15, 0.2) is 5.75 Å². The molecule has 0 aliphatic heterocycles. The highest BCUT2D eigenvalue weighted by atomic mass is 16.6.